The fourth-order valence-electron chi connectivity index (χ4n) is 3.35. The van der Waals surface area contributed by atoms with Crippen LogP contribution in [0.4, 0.5) is 0 Å². The van der Waals surface area contributed by atoms with Gasteiger partial charge in [-0.25, -0.2) is 0 Å². The number of hydrogen-bond acceptors (Lipinski definition) is 2. The van der Waals surface area contributed by atoms with E-state index in [2.05, 4.69) is 18.8 Å². The van der Waals surface area contributed by atoms with Crippen LogP contribution in [0.25, 0.3) is 0 Å². The molecule has 2 nitrogen and oxygen atoms in total. The van der Waals surface area contributed by atoms with Gasteiger partial charge in [0.05, 0.1) is 0 Å². The third-order valence-corrected chi connectivity index (χ3v) is 5.01. The van der Waals surface area contributed by atoms with E-state index in [9.17, 15) is 0 Å². The molecule has 0 aliphatic carbocycles. The largest absolute Gasteiger partial charge is 0.353 e. The summed E-state index contributed by atoms with van der Waals surface area (Å²) < 4.78 is 11.1. The summed E-state index contributed by atoms with van der Waals surface area (Å²) in [5.74, 6) is 6.36. The van der Waals surface area contributed by atoms with Crippen molar-refractivity contribution in [1.29, 1.82) is 0 Å². The minimum absolute atomic E-state index is 0.000564. The van der Waals surface area contributed by atoms with Crippen LogP contribution in [0.15, 0.2) is 0 Å². The molecule has 0 N–H and O–H groups in total. The van der Waals surface area contributed by atoms with Crippen molar-refractivity contribution in [2.75, 3.05) is 13.2 Å². The zero-order valence-corrected chi connectivity index (χ0v) is 16.8. The standard InChI is InChI=1S/C23H42O2/c1-2-3-4-5-6-7-8-9-10-11-12-13-14-15-16-18-21-24-23-20-17-19-22-25-23/h23H,2-15,17,19-22H2,1H3. The van der Waals surface area contributed by atoms with Crippen LogP contribution in [-0.4, -0.2) is 19.5 Å². The van der Waals surface area contributed by atoms with Gasteiger partial charge in [-0.2, -0.15) is 0 Å². The van der Waals surface area contributed by atoms with Crippen LogP contribution in [0.1, 0.15) is 116 Å². The summed E-state index contributed by atoms with van der Waals surface area (Å²) in [7, 11) is 0. The number of hydrogen-bond donors (Lipinski definition) is 0. The summed E-state index contributed by atoms with van der Waals surface area (Å²) in [6, 6.07) is 0. The van der Waals surface area contributed by atoms with Crippen molar-refractivity contribution in [1.82, 2.24) is 0 Å². The van der Waals surface area contributed by atoms with Gasteiger partial charge in [0.1, 0.15) is 6.61 Å². The molecule has 1 fully saturated rings. The van der Waals surface area contributed by atoms with Crippen LogP contribution < -0.4 is 0 Å². The van der Waals surface area contributed by atoms with Crippen LogP contribution in [0.3, 0.4) is 0 Å². The van der Waals surface area contributed by atoms with Crippen LogP contribution >= 0.6 is 0 Å². The Kier molecular flexibility index (Phi) is 16.5. The van der Waals surface area contributed by atoms with E-state index in [4.69, 9.17) is 9.47 Å². The van der Waals surface area contributed by atoms with Gasteiger partial charge in [0, 0.05) is 13.0 Å². The van der Waals surface area contributed by atoms with Crippen LogP contribution in [0.5, 0.6) is 0 Å². The third kappa shape index (κ3) is 15.5. The average Bonchev–Trinajstić information content (AvgIpc) is 2.65. The number of rotatable bonds is 15. The Hall–Kier alpha value is -0.520. The molecule has 25 heavy (non-hydrogen) atoms. The summed E-state index contributed by atoms with van der Waals surface area (Å²) in [6.07, 6.45) is 22.7. The SMILES string of the molecule is CCCCCCCCCCCCCCCC#CCOC1CCCCO1. The molecule has 0 spiro atoms. The van der Waals surface area contributed by atoms with Gasteiger partial charge >= 0.3 is 0 Å². The van der Waals surface area contributed by atoms with Gasteiger partial charge < -0.3 is 9.47 Å². The molecule has 1 rings (SSSR count). The normalized spacial score (nSPS) is 17.2. The van der Waals surface area contributed by atoms with E-state index in [0.29, 0.717) is 6.61 Å². The molecule has 1 aliphatic rings. The molecule has 1 unspecified atom stereocenters. The molecule has 0 amide bonds. The maximum atomic E-state index is 5.61. The van der Waals surface area contributed by atoms with Crippen molar-refractivity contribution in [3.8, 4) is 11.8 Å². The molecule has 0 radical (unpaired) electrons. The van der Waals surface area contributed by atoms with Gasteiger partial charge in [-0.3, -0.25) is 0 Å². The summed E-state index contributed by atoms with van der Waals surface area (Å²) in [5, 5.41) is 0. The summed E-state index contributed by atoms with van der Waals surface area (Å²) in [4.78, 5) is 0. The molecule has 1 heterocycles. The van der Waals surface area contributed by atoms with E-state index < -0.39 is 0 Å². The summed E-state index contributed by atoms with van der Waals surface area (Å²) >= 11 is 0. The zero-order valence-electron chi connectivity index (χ0n) is 16.8. The predicted octanol–water partition coefficient (Wildman–Crippen LogP) is 7.01. The predicted molar refractivity (Wildman–Crippen MR) is 108 cm³/mol. The summed E-state index contributed by atoms with van der Waals surface area (Å²) in [5.41, 5.74) is 0. The Morgan fingerprint density at radius 3 is 1.92 bits per heavy atom. The molecule has 1 atom stereocenters. The quantitative estimate of drug-likeness (QED) is 0.233. The van der Waals surface area contributed by atoms with Gasteiger partial charge in [0.15, 0.2) is 6.29 Å². The highest BCUT2D eigenvalue weighted by molar-refractivity contribution is 4.98. The van der Waals surface area contributed by atoms with E-state index in [1.165, 1.54) is 96.3 Å². The van der Waals surface area contributed by atoms with E-state index in [-0.39, 0.29) is 6.29 Å². The first-order valence-electron chi connectivity index (χ1n) is 11.1. The van der Waals surface area contributed by atoms with Crippen LogP contribution in [0.2, 0.25) is 0 Å². The molecule has 1 saturated heterocycles. The highest BCUT2D eigenvalue weighted by Gasteiger charge is 2.12. The van der Waals surface area contributed by atoms with E-state index in [1.807, 2.05) is 0 Å². The lowest BCUT2D eigenvalue weighted by molar-refractivity contribution is -0.154. The minimum atomic E-state index is -0.000564. The Morgan fingerprint density at radius 1 is 0.760 bits per heavy atom. The molecule has 0 aromatic carbocycles. The second kappa shape index (κ2) is 18.3. The van der Waals surface area contributed by atoms with E-state index in [1.54, 1.807) is 0 Å². The maximum absolute atomic E-state index is 5.61. The molecule has 0 aromatic heterocycles. The Labute approximate surface area is 157 Å². The number of unbranched alkanes of at least 4 members (excludes halogenated alkanes) is 13. The fourth-order valence-corrected chi connectivity index (χ4v) is 3.35. The van der Waals surface area contributed by atoms with Crippen molar-refractivity contribution >= 4 is 0 Å². The lowest BCUT2D eigenvalue weighted by Gasteiger charge is -2.21. The van der Waals surface area contributed by atoms with Gasteiger partial charge in [0.2, 0.25) is 0 Å². The average molecular weight is 351 g/mol. The van der Waals surface area contributed by atoms with Gasteiger partial charge in [-0.05, 0) is 25.7 Å². The molecular formula is C23H42O2. The highest BCUT2D eigenvalue weighted by atomic mass is 16.7. The van der Waals surface area contributed by atoms with Crippen LogP contribution in [-0.2, 0) is 9.47 Å². The van der Waals surface area contributed by atoms with Crippen molar-refractivity contribution in [3.63, 3.8) is 0 Å². The fraction of sp³-hybridized carbons (Fsp3) is 0.913. The highest BCUT2D eigenvalue weighted by Crippen LogP contribution is 2.14. The maximum Gasteiger partial charge on any atom is 0.158 e. The molecular weight excluding hydrogens is 308 g/mol. The first-order chi connectivity index (χ1) is 12.4. The monoisotopic (exact) mass is 350 g/mol. The Morgan fingerprint density at radius 2 is 1.36 bits per heavy atom. The lowest BCUT2D eigenvalue weighted by atomic mass is 10.0. The van der Waals surface area contributed by atoms with Gasteiger partial charge in [-0.15, -0.1) is 5.92 Å². The van der Waals surface area contributed by atoms with Crippen molar-refractivity contribution in [2.45, 2.75) is 122 Å². The summed E-state index contributed by atoms with van der Waals surface area (Å²) in [6.45, 7) is 3.66. The third-order valence-electron chi connectivity index (χ3n) is 5.01. The van der Waals surface area contributed by atoms with E-state index >= 15 is 0 Å². The zero-order chi connectivity index (χ0) is 17.8. The van der Waals surface area contributed by atoms with Crippen molar-refractivity contribution in [3.05, 3.63) is 0 Å². The Bertz CT molecular complexity index is 323. The first kappa shape index (κ1) is 22.5. The smallest absolute Gasteiger partial charge is 0.158 e. The molecule has 146 valence electrons. The van der Waals surface area contributed by atoms with Gasteiger partial charge in [0.25, 0.3) is 0 Å². The molecule has 2 heteroatoms. The van der Waals surface area contributed by atoms with Gasteiger partial charge in [-0.1, -0.05) is 89.9 Å². The first-order valence-corrected chi connectivity index (χ1v) is 11.1. The van der Waals surface area contributed by atoms with Crippen molar-refractivity contribution < 1.29 is 9.47 Å². The topological polar surface area (TPSA) is 18.5 Å². The van der Waals surface area contributed by atoms with Crippen molar-refractivity contribution in [2.24, 2.45) is 0 Å². The second-order valence-corrected chi connectivity index (χ2v) is 7.45. The van der Waals surface area contributed by atoms with E-state index in [0.717, 1.165) is 19.4 Å². The lowest BCUT2D eigenvalue weighted by Crippen LogP contribution is -2.22. The minimum Gasteiger partial charge on any atom is -0.353 e. The number of ether oxygens (including phenoxy) is 2. The molecule has 0 saturated carbocycles. The molecule has 0 bridgehead atoms. The molecule has 0 aromatic rings. The molecule has 1 aliphatic heterocycles. The van der Waals surface area contributed by atoms with Crippen LogP contribution in [0, 0.1) is 11.8 Å². The second-order valence-electron chi connectivity index (χ2n) is 7.45. The Balaban J connectivity index is 1.72.